The highest BCUT2D eigenvalue weighted by Crippen LogP contribution is 2.08. The van der Waals surface area contributed by atoms with Gasteiger partial charge in [-0.25, -0.2) is 14.6 Å². The highest BCUT2D eigenvalue weighted by Gasteiger charge is 2.10. The Morgan fingerprint density at radius 2 is 2.28 bits per heavy atom. The van der Waals surface area contributed by atoms with Gasteiger partial charge in [0, 0.05) is 0 Å². The van der Waals surface area contributed by atoms with E-state index in [1.54, 1.807) is 43.3 Å². The molecular formula is C11H14N6O. The molecule has 94 valence electrons. The average Bonchev–Trinajstić information content (AvgIpc) is 2.92. The van der Waals surface area contributed by atoms with Gasteiger partial charge in [0.2, 0.25) is 5.91 Å². The summed E-state index contributed by atoms with van der Waals surface area (Å²) in [7, 11) is 1.73. The third-order valence-electron chi connectivity index (χ3n) is 2.50. The molecule has 7 nitrogen and oxygen atoms in total. The summed E-state index contributed by atoms with van der Waals surface area (Å²) in [6.45, 7) is 1.78. The summed E-state index contributed by atoms with van der Waals surface area (Å²) in [5.74, 6) is 0.542. The van der Waals surface area contributed by atoms with Crippen molar-refractivity contribution in [3.63, 3.8) is 0 Å². The van der Waals surface area contributed by atoms with Crippen molar-refractivity contribution in [3.8, 4) is 5.82 Å². The number of rotatable bonds is 4. The third-order valence-corrected chi connectivity index (χ3v) is 2.50. The van der Waals surface area contributed by atoms with Crippen LogP contribution in [0.15, 0.2) is 31.0 Å². The highest BCUT2D eigenvalue weighted by atomic mass is 16.2. The Morgan fingerprint density at radius 1 is 1.44 bits per heavy atom. The van der Waals surface area contributed by atoms with Crippen LogP contribution in [-0.2, 0) is 4.79 Å². The fraction of sp³-hybridized carbons (Fsp3) is 0.273. The van der Waals surface area contributed by atoms with Crippen molar-refractivity contribution in [2.45, 2.75) is 13.0 Å². The first-order valence-corrected chi connectivity index (χ1v) is 5.50. The smallest absolute Gasteiger partial charge is 0.241 e. The molecule has 2 aromatic heterocycles. The number of carbonyl (C=O) groups is 1. The Bertz CT molecular complexity index is 507. The molecule has 0 saturated heterocycles. The second-order valence-corrected chi connectivity index (χ2v) is 3.74. The molecule has 0 aromatic carbocycles. The molecule has 0 aliphatic rings. The van der Waals surface area contributed by atoms with Gasteiger partial charge in [0.15, 0.2) is 5.82 Å². The van der Waals surface area contributed by atoms with Crippen molar-refractivity contribution < 1.29 is 4.79 Å². The molecule has 2 heterocycles. The van der Waals surface area contributed by atoms with Crippen molar-refractivity contribution >= 4 is 11.6 Å². The van der Waals surface area contributed by atoms with Gasteiger partial charge in [-0.15, -0.1) is 0 Å². The molecule has 0 saturated carbocycles. The maximum atomic E-state index is 11.6. The maximum absolute atomic E-state index is 11.6. The number of anilines is 1. The molecule has 0 aliphatic heterocycles. The first-order chi connectivity index (χ1) is 8.70. The molecule has 0 spiro atoms. The van der Waals surface area contributed by atoms with Crippen molar-refractivity contribution in [2.75, 3.05) is 12.4 Å². The van der Waals surface area contributed by atoms with E-state index < -0.39 is 0 Å². The molecule has 1 atom stereocenters. The summed E-state index contributed by atoms with van der Waals surface area (Å²) in [6.07, 6.45) is 4.58. The zero-order valence-electron chi connectivity index (χ0n) is 10.2. The predicted octanol–water partition coefficient (Wildman–Crippen LogP) is 0.209. The molecule has 2 N–H and O–H groups in total. The minimum Gasteiger partial charge on any atom is -0.323 e. The maximum Gasteiger partial charge on any atom is 0.241 e. The van der Waals surface area contributed by atoms with E-state index in [0.29, 0.717) is 11.5 Å². The number of nitrogens with one attached hydrogen (secondary N) is 2. The second kappa shape index (κ2) is 5.37. The molecule has 18 heavy (non-hydrogen) atoms. The summed E-state index contributed by atoms with van der Waals surface area (Å²) >= 11 is 0. The second-order valence-electron chi connectivity index (χ2n) is 3.74. The lowest BCUT2D eigenvalue weighted by molar-refractivity contribution is -0.117. The number of nitrogens with zero attached hydrogens (tertiary/aromatic N) is 4. The number of carbonyl (C=O) groups excluding carboxylic acids is 1. The Labute approximate surface area is 104 Å². The highest BCUT2D eigenvalue weighted by molar-refractivity contribution is 5.94. The Morgan fingerprint density at radius 3 is 2.83 bits per heavy atom. The fourth-order valence-corrected chi connectivity index (χ4v) is 1.30. The molecule has 0 radical (unpaired) electrons. The SMILES string of the molecule is CNC(C)C(=O)Nc1ccc(-n2cncn2)nc1. The van der Waals surface area contributed by atoms with Crippen LogP contribution in [0.25, 0.3) is 5.82 Å². The molecule has 0 fully saturated rings. The number of hydrogen-bond acceptors (Lipinski definition) is 5. The van der Waals surface area contributed by atoms with Gasteiger partial charge in [0.25, 0.3) is 0 Å². The molecule has 1 amide bonds. The molecule has 0 bridgehead atoms. The van der Waals surface area contributed by atoms with E-state index in [1.165, 1.54) is 6.33 Å². The zero-order valence-corrected chi connectivity index (χ0v) is 10.2. The first kappa shape index (κ1) is 12.2. The normalized spacial score (nSPS) is 12.1. The zero-order chi connectivity index (χ0) is 13.0. The van der Waals surface area contributed by atoms with Gasteiger partial charge >= 0.3 is 0 Å². The largest absolute Gasteiger partial charge is 0.323 e. The molecule has 1 unspecified atom stereocenters. The van der Waals surface area contributed by atoms with Crippen LogP contribution in [-0.4, -0.2) is 38.7 Å². The van der Waals surface area contributed by atoms with E-state index in [9.17, 15) is 4.79 Å². The van der Waals surface area contributed by atoms with Crippen molar-refractivity contribution in [1.29, 1.82) is 0 Å². The number of aromatic nitrogens is 4. The summed E-state index contributed by atoms with van der Waals surface area (Å²) < 4.78 is 1.54. The van der Waals surface area contributed by atoms with Crippen molar-refractivity contribution in [3.05, 3.63) is 31.0 Å². The number of likely N-dealkylation sites (N-methyl/N-ethyl adjacent to an activating group) is 1. The average molecular weight is 246 g/mol. The minimum absolute atomic E-state index is 0.104. The van der Waals surface area contributed by atoms with E-state index in [4.69, 9.17) is 0 Å². The molecule has 7 heteroatoms. The van der Waals surface area contributed by atoms with Crippen LogP contribution in [0, 0.1) is 0 Å². The van der Waals surface area contributed by atoms with E-state index >= 15 is 0 Å². The van der Waals surface area contributed by atoms with Crippen LogP contribution >= 0.6 is 0 Å². The van der Waals surface area contributed by atoms with E-state index in [0.717, 1.165) is 0 Å². The van der Waals surface area contributed by atoms with Crippen molar-refractivity contribution in [2.24, 2.45) is 0 Å². The lowest BCUT2D eigenvalue weighted by atomic mass is 10.3. The van der Waals surface area contributed by atoms with Gasteiger partial charge in [-0.2, -0.15) is 5.10 Å². The first-order valence-electron chi connectivity index (χ1n) is 5.50. The number of hydrogen-bond donors (Lipinski definition) is 2. The summed E-state index contributed by atoms with van der Waals surface area (Å²) in [4.78, 5) is 19.7. The quantitative estimate of drug-likeness (QED) is 0.805. The lowest BCUT2D eigenvalue weighted by Gasteiger charge is -2.10. The van der Waals surface area contributed by atoms with Crippen molar-refractivity contribution in [1.82, 2.24) is 25.1 Å². The third kappa shape index (κ3) is 2.69. The Hall–Kier alpha value is -2.28. The number of amides is 1. The van der Waals surface area contributed by atoms with Crippen LogP contribution in [0.4, 0.5) is 5.69 Å². The lowest BCUT2D eigenvalue weighted by Crippen LogP contribution is -2.35. The summed E-state index contributed by atoms with van der Waals surface area (Å²) in [5, 5.41) is 9.58. The van der Waals surface area contributed by atoms with Gasteiger partial charge in [-0.3, -0.25) is 4.79 Å². The van der Waals surface area contributed by atoms with Gasteiger partial charge in [-0.1, -0.05) is 0 Å². The predicted molar refractivity (Wildman–Crippen MR) is 66.3 cm³/mol. The van der Waals surface area contributed by atoms with E-state index in [2.05, 4.69) is 25.7 Å². The van der Waals surface area contributed by atoms with Crippen LogP contribution in [0.2, 0.25) is 0 Å². The van der Waals surface area contributed by atoms with Crippen LogP contribution in [0.1, 0.15) is 6.92 Å². The minimum atomic E-state index is -0.250. The van der Waals surface area contributed by atoms with E-state index in [-0.39, 0.29) is 11.9 Å². The molecule has 2 rings (SSSR count). The Balaban J connectivity index is 2.06. The van der Waals surface area contributed by atoms with Gasteiger partial charge in [0.05, 0.1) is 17.9 Å². The monoisotopic (exact) mass is 246 g/mol. The number of pyridine rings is 1. The van der Waals surface area contributed by atoms with Crippen LogP contribution in [0.3, 0.4) is 0 Å². The van der Waals surface area contributed by atoms with E-state index in [1.807, 2.05) is 0 Å². The topological polar surface area (TPSA) is 84.7 Å². The van der Waals surface area contributed by atoms with Gasteiger partial charge in [0.1, 0.15) is 12.7 Å². The van der Waals surface area contributed by atoms with Gasteiger partial charge < -0.3 is 10.6 Å². The standard InChI is InChI=1S/C11H14N6O/c1-8(12-2)11(18)16-9-3-4-10(14-5-9)17-7-13-6-15-17/h3-8,12H,1-2H3,(H,16,18). The Kier molecular flexibility index (Phi) is 3.63. The van der Waals surface area contributed by atoms with Gasteiger partial charge in [-0.05, 0) is 26.1 Å². The van der Waals surface area contributed by atoms with Crippen LogP contribution < -0.4 is 10.6 Å². The summed E-state index contributed by atoms with van der Waals surface area (Å²) in [6, 6.07) is 3.28. The molecule has 2 aromatic rings. The fourth-order valence-electron chi connectivity index (χ4n) is 1.30. The van der Waals surface area contributed by atoms with Crippen LogP contribution in [0.5, 0.6) is 0 Å². The molecule has 0 aliphatic carbocycles. The molecular weight excluding hydrogens is 232 g/mol. The summed E-state index contributed by atoms with van der Waals surface area (Å²) in [5.41, 5.74) is 0.644.